The molecule has 0 radical (unpaired) electrons. The van der Waals surface area contributed by atoms with E-state index in [-0.39, 0.29) is 11.7 Å². The quantitative estimate of drug-likeness (QED) is 0.412. The first-order valence-corrected chi connectivity index (χ1v) is 10.4. The zero-order valence-corrected chi connectivity index (χ0v) is 17.3. The van der Waals surface area contributed by atoms with Gasteiger partial charge in [-0.1, -0.05) is 63.3 Å². The van der Waals surface area contributed by atoms with Crippen molar-refractivity contribution in [2.75, 3.05) is 11.1 Å². The van der Waals surface area contributed by atoms with E-state index in [1.165, 1.54) is 23.1 Å². The lowest BCUT2D eigenvalue weighted by Gasteiger charge is -2.06. The number of halogens is 1. The maximum atomic E-state index is 12.1. The topological polar surface area (TPSA) is 46.9 Å². The van der Waals surface area contributed by atoms with Gasteiger partial charge in [0.1, 0.15) is 0 Å². The summed E-state index contributed by atoms with van der Waals surface area (Å²) in [6.07, 6.45) is 0. The molecular weight excluding hydrogens is 438 g/mol. The second-order valence-corrected chi connectivity index (χ2v) is 8.88. The van der Waals surface area contributed by atoms with Crippen molar-refractivity contribution >= 4 is 62.8 Å². The van der Waals surface area contributed by atoms with Crippen molar-refractivity contribution in [1.29, 1.82) is 0 Å². The summed E-state index contributed by atoms with van der Waals surface area (Å²) < 4.78 is 4.13. The fourth-order valence-corrected chi connectivity index (χ4v) is 4.59. The molecule has 0 unspecified atom stereocenters. The fourth-order valence-electron chi connectivity index (χ4n) is 2.05. The Morgan fingerprint density at radius 3 is 2.80 bits per heavy atom. The Labute approximate surface area is 167 Å². The zero-order valence-electron chi connectivity index (χ0n) is 13.2. The molecule has 3 aromatic rings. The maximum Gasteiger partial charge on any atom is 0.234 e. The monoisotopic (exact) mass is 451 g/mol. The number of anilines is 1. The van der Waals surface area contributed by atoms with E-state index < -0.39 is 0 Å². The Balaban J connectivity index is 1.63. The molecule has 4 nitrogen and oxygen atoms in total. The molecule has 0 aliphatic rings. The Bertz CT molecular complexity index is 953. The lowest BCUT2D eigenvalue weighted by atomic mass is 10.2. The van der Waals surface area contributed by atoms with Crippen LogP contribution in [0.25, 0.3) is 5.69 Å². The van der Waals surface area contributed by atoms with E-state index in [0.717, 1.165) is 25.8 Å². The molecule has 128 valence electrons. The van der Waals surface area contributed by atoms with Gasteiger partial charge in [-0.25, -0.2) is 4.68 Å². The maximum absolute atomic E-state index is 12.1. The third-order valence-electron chi connectivity index (χ3n) is 3.31. The second kappa shape index (κ2) is 8.27. The van der Waals surface area contributed by atoms with Gasteiger partial charge in [0.15, 0.2) is 8.29 Å². The van der Waals surface area contributed by atoms with Crippen molar-refractivity contribution in [2.45, 2.75) is 11.3 Å². The normalized spacial score (nSPS) is 10.6. The lowest BCUT2D eigenvalue weighted by molar-refractivity contribution is -0.113. The van der Waals surface area contributed by atoms with Crippen LogP contribution in [0.2, 0.25) is 0 Å². The summed E-state index contributed by atoms with van der Waals surface area (Å²) >= 11 is 11.6. The molecule has 0 saturated carbocycles. The number of rotatable bonds is 5. The molecule has 0 saturated heterocycles. The number of amides is 1. The minimum Gasteiger partial charge on any atom is -0.325 e. The van der Waals surface area contributed by atoms with Gasteiger partial charge in [-0.05, 0) is 49.0 Å². The van der Waals surface area contributed by atoms with E-state index in [9.17, 15) is 4.79 Å². The molecule has 1 amide bonds. The van der Waals surface area contributed by atoms with Crippen LogP contribution in [0, 0.1) is 10.9 Å². The highest BCUT2D eigenvalue weighted by Crippen LogP contribution is 2.25. The van der Waals surface area contributed by atoms with Crippen molar-refractivity contribution in [3.8, 4) is 5.69 Å². The number of nitrogens with zero attached hydrogens (tertiary/aromatic N) is 2. The van der Waals surface area contributed by atoms with Crippen LogP contribution >= 0.6 is 51.2 Å². The minimum atomic E-state index is -0.0758. The second-order valence-electron chi connectivity index (χ2n) is 5.18. The highest BCUT2D eigenvalue weighted by molar-refractivity contribution is 9.10. The van der Waals surface area contributed by atoms with E-state index >= 15 is 0 Å². The smallest absolute Gasteiger partial charge is 0.234 e. The van der Waals surface area contributed by atoms with Gasteiger partial charge in [-0.2, -0.15) is 0 Å². The van der Waals surface area contributed by atoms with Gasteiger partial charge < -0.3 is 5.32 Å². The molecule has 1 heterocycles. The van der Waals surface area contributed by atoms with Crippen LogP contribution in [0.3, 0.4) is 0 Å². The van der Waals surface area contributed by atoms with Crippen LogP contribution in [0.5, 0.6) is 0 Å². The van der Waals surface area contributed by atoms with Crippen LogP contribution < -0.4 is 5.32 Å². The Hall–Kier alpha value is -1.48. The summed E-state index contributed by atoms with van der Waals surface area (Å²) in [5.74, 6) is 0.205. The average molecular weight is 452 g/mol. The van der Waals surface area contributed by atoms with Gasteiger partial charge in [0.2, 0.25) is 5.91 Å². The van der Waals surface area contributed by atoms with Crippen LogP contribution in [0.1, 0.15) is 5.56 Å². The molecule has 0 aliphatic carbocycles. The van der Waals surface area contributed by atoms with Crippen molar-refractivity contribution in [3.63, 3.8) is 0 Å². The third-order valence-corrected chi connectivity index (χ3v) is 6.53. The molecular formula is C17H14BrN3OS3. The van der Waals surface area contributed by atoms with Gasteiger partial charge in [0.25, 0.3) is 0 Å². The Kier molecular flexibility index (Phi) is 6.06. The number of nitrogens with one attached hydrogen (secondary N) is 1. The molecule has 0 bridgehead atoms. The number of aromatic nitrogens is 2. The molecule has 8 heteroatoms. The van der Waals surface area contributed by atoms with E-state index in [1.807, 2.05) is 55.5 Å². The molecule has 1 N–H and O–H groups in total. The highest BCUT2D eigenvalue weighted by Gasteiger charge is 2.10. The number of aryl methyl sites for hydroxylation is 1. The fraction of sp³-hybridized carbons (Fsp3) is 0.118. The standard InChI is InChI=1S/C17H14BrN3OS3/c1-11-7-8-12(9-14(11)18)19-15(22)10-24-16-20-21(17(23)25-16)13-5-3-2-4-6-13/h2-9H,10H2,1H3,(H,19,22). The van der Waals surface area contributed by atoms with Gasteiger partial charge >= 0.3 is 0 Å². The lowest BCUT2D eigenvalue weighted by Crippen LogP contribution is -2.14. The number of hydrogen-bond donors (Lipinski definition) is 1. The molecule has 0 spiro atoms. The van der Waals surface area contributed by atoms with Crippen LogP contribution in [-0.2, 0) is 4.79 Å². The first-order chi connectivity index (χ1) is 12.0. The van der Waals surface area contributed by atoms with E-state index in [4.69, 9.17) is 12.2 Å². The summed E-state index contributed by atoms with van der Waals surface area (Å²) in [6.45, 7) is 2.00. The first-order valence-electron chi connectivity index (χ1n) is 7.37. The van der Waals surface area contributed by atoms with Crippen molar-refractivity contribution in [1.82, 2.24) is 9.78 Å². The molecule has 25 heavy (non-hydrogen) atoms. The predicted molar refractivity (Wildman–Crippen MR) is 111 cm³/mol. The molecule has 0 aliphatic heterocycles. The number of benzene rings is 2. The predicted octanol–water partition coefficient (Wildman–Crippen LogP) is 5.47. The third kappa shape index (κ3) is 4.78. The minimum absolute atomic E-state index is 0.0758. The number of carbonyl (C=O) groups is 1. The van der Waals surface area contributed by atoms with Crippen molar-refractivity contribution in [2.24, 2.45) is 0 Å². The van der Waals surface area contributed by atoms with Crippen molar-refractivity contribution < 1.29 is 4.79 Å². The van der Waals surface area contributed by atoms with Gasteiger partial charge in [-0.15, -0.1) is 5.10 Å². The number of carbonyl (C=O) groups excluding carboxylic acids is 1. The van der Waals surface area contributed by atoms with Crippen LogP contribution in [0.15, 0.2) is 57.3 Å². The van der Waals surface area contributed by atoms with Crippen LogP contribution in [0.4, 0.5) is 5.69 Å². The van der Waals surface area contributed by atoms with E-state index in [1.54, 1.807) is 4.68 Å². The summed E-state index contributed by atoms with van der Waals surface area (Å²) in [6, 6.07) is 15.5. The zero-order chi connectivity index (χ0) is 17.8. The van der Waals surface area contributed by atoms with Crippen LogP contribution in [-0.4, -0.2) is 21.4 Å². The molecule has 1 aromatic heterocycles. The summed E-state index contributed by atoms with van der Waals surface area (Å²) in [4.78, 5) is 12.1. The van der Waals surface area contributed by atoms with Gasteiger partial charge in [0.05, 0.1) is 11.4 Å². The van der Waals surface area contributed by atoms with Crippen molar-refractivity contribution in [3.05, 3.63) is 62.5 Å². The Morgan fingerprint density at radius 1 is 1.32 bits per heavy atom. The summed E-state index contributed by atoms with van der Waals surface area (Å²) in [7, 11) is 0. The SMILES string of the molecule is Cc1ccc(NC(=O)CSc2nn(-c3ccccc3)c(=S)s2)cc1Br. The van der Waals surface area contributed by atoms with Gasteiger partial charge in [0, 0.05) is 10.2 Å². The molecule has 3 rings (SSSR count). The number of hydrogen-bond acceptors (Lipinski definition) is 5. The average Bonchev–Trinajstić information content (AvgIpc) is 2.98. The van der Waals surface area contributed by atoms with Gasteiger partial charge in [-0.3, -0.25) is 4.79 Å². The largest absolute Gasteiger partial charge is 0.325 e. The molecule has 0 atom stereocenters. The summed E-state index contributed by atoms with van der Waals surface area (Å²) in [5, 5.41) is 7.38. The number of para-hydroxylation sites is 1. The van der Waals surface area contributed by atoms with E-state index in [2.05, 4.69) is 26.3 Å². The summed E-state index contributed by atoms with van der Waals surface area (Å²) in [5.41, 5.74) is 2.81. The van der Waals surface area contributed by atoms with E-state index in [0.29, 0.717) is 3.95 Å². The molecule has 2 aromatic carbocycles. The number of thioether (sulfide) groups is 1. The first kappa shape index (κ1) is 18.3. The highest BCUT2D eigenvalue weighted by atomic mass is 79.9. The Morgan fingerprint density at radius 2 is 2.08 bits per heavy atom. The molecule has 0 fully saturated rings.